The zero-order valence-electron chi connectivity index (χ0n) is 19.2. The third kappa shape index (κ3) is 8.30. The number of ether oxygens (including phenoxy) is 1. The van der Waals surface area contributed by atoms with Crippen LogP contribution in [0.1, 0.15) is 83.6 Å². The molecule has 1 aromatic rings. The van der Waals surface area contributed by atoms with Crippen LogP contribution in [0.25, 0.3) is 0 Å². The number of esters is 1. The minimum Gasteiger partial charge on any atom is -0.508 e. The van der Waals surface area contributed by atoms with Gasteiger partial charge in [-0.1, -0.05) is 31.2 Å². The second-order valence-corrected chi connectivity index (χ2v) is 9.11. The van der Waals surface area contributed by atoms with Crippen LogP contribution in [0.5, 0.6) is 5.75 Å². The van der Waals surface area contributed by atoms with Crippen molar-refractivity contribution in [3.63, 3.8) is 0 Å². The third-order valence-corrected chi connectivity index (χ3v) is 6.40. The van der Waals surface area contributed by atoms with E-state index in [1.165, 1.54) is 0 Å². The molecule has 0 bridgehead atoms. The molecule has 31 heavy (non-hydrogen) atoms. The third-order valence-electron chi connectivity index (χ3n) is 6.40. The van der Waals surface area contributed by atoms with Gasteiger partial charge >= 0.3 is 5.97 Å². The number of carbonyl (C=O) groups excluding carboxylic acids is 1. The molecule has 1 aliphatic rings. The van der Waals surface area contributed by atoms with Crippen LogP contribution in [0.2, 0.25) is 0 Å². The van der Waals surface area contributed by atoms with Crippen LogP contribution in [0.4, 0.5) is 0 Å². The molecule has 3 N–H and O–H groups in total. The van der Waals surface area contributed by atoms with E-state index in [1.54, 1.807) is 6.07 Å². The highest BCUT2D eigenvalue weighted by molar-refractivity contribution is 5.69. The molecule has 1 aliphatic carbocycles. The van der Waals surface area contributed by atoms with Gasteiger partial charge in [0, 0.05) is 6.42 Å². The Hall–Kier alpha value is -1.85. The van der Waals surface area contributed by atoms with E-state index in [4.69, 9.17) is 4.74 Å². The first kappa shape index (κ1) is 25.4. The average Bonchev–Trinajstić information content (AvgIpc) is 2.97. The molecular formula is C26H40O5. The summed E-state index contributed by atoms with van der Waals surface area (Å²) in [4.78, 5) is 11.6. The van der Waals surface area contributed by atoms with Crippen molar-refractivity contribution >= 4 is 5.97 Å². The first-order valence-corrected chi connectivity index (χ1v) is 11.8. The molecule has 5 atom stereocenters. The van der Waals surface area contributed by atoms with Crippen molar-refractivity contribution in [2.45, 2.75) is 96.4 Å². The normalized spacial score (nSPS) is 24.7. The summed E-state index contributed by atoms with van der Waals surface area (Å²) < 4.78 is 5.13. The average molecular weight is 433 g/mol. The second kappa shape index (κ2) is 12.9. The maximum absolute atomic E-state index is 11.6. The molecule has 1 aromatic carbocycles. The molecule has 174 valence electrons. The van der Waals surface area contributed by atoms with Crippen LogP contribution in [0.3, 0.4) is 0 Å². The van der Waals surface area contributed by atoms with Gasteiger partial charge in [0.05, 0.1) is 18.3 Å². The number of aliphatic hydroxyl groups excluding tert-OH is 2. The fourth-order valence-corrected chi connectivity index (χ4v) is 4.74. The second-order valence-electron chi connectivity index (χ2n) is 9.11. The van der Waals surface area contributed by atoms with Crippen molar-refractivity contribution in [1.82, 2.24) is 0 Å². The lowest BCUT2D eigenvalue weighted by Gasteiger charge is -2.25. The number of benzene rings is 1. The van der Waals surface area contributed by atoms with Gasteiger partial charge < -0.3 is 20.1 Å². The fourth-order valence-electron chi connectivity index (χ4n) is 4.74. The van der Waals surface area contributed by atoms with Gasteiger partial charge in [0.1, 0.15) is 5.75 Å². The lowest BCUT2D eigenvalue weighted by molar-refractivity contribution is -0.147. The molecule has 1 saturated carbocycles. The molecule has 0 spiro atoms. The number of phenols is 1. The summed E-state index contributed by atoms with van der Waals surface area (Å²) in [5.41, 5.74) is 1.13. The Morgan fingerprint density at radius 1 is 1.19 bits per heavy atom. The molecule has 5 nitrogen and oxygen atoms in total. The van der Waals surface area contributed by atoms with Crippen LogP contribution in [-0.2, 0) is 9.53 Å². The summed E-state index contributed by atoms with van der Waals surface area (Å²) in [6.45, 7) is 5.84. The molecule has 1 fully saturated rings. The van der Waals surface area contributed by atoms with Crippen molar-refractivity contribution in [1.29, 1.82) is 0 Å². The quantitative estimate of drug-likeness (QED) is 0.243. The van der Waals surface area contributed by atoms with Gasteiger partial charge in [-0.05, 0) is 94.2 Å². The minimum absolute atomic E-state index is 0.0545. The highest BCUT2D eigenvalue weighted by Gasteiger charge is 2.40. The van der Waals surface area contributed by atoms with Gasteiger partial charge in [0.15, 0.2) is 0 Å². The van der Waals surface area contributed by atoms with E-state index in [1.807, 2.05) is 32.0 Å². The van der Waals surface area contributed by atoms with E-state index < -0.39 is 12.2 Å². The zero-order valence-corrected chi connectivity index (χ0v) is 19.2. The Morgan fingerprint density at radius 3 is 2.61 bits per heavy atom. The van der Waals surface area contributed by atoms with Crippen molar-refractivity contribution in [2.24, 2.45) is 11.8 Å². The predicted octanol–water partition coefficient (Wildman–Crippen LogP) is 5.09. The number of carbonyl (C=O) groups is 1. The van der Waals surface area contributed by atoms with Gasteiger partial charge in [-0.25, -0.2) is 0 Å². The smallest absolute Gasteiger partial charge is 0.306 e. The van der Waals surface area contributed by atoms with Gasteiger partial charge in [0.2, 0.25) is 0 Å². The van der Waals surface area contributed by atoms with Crippen LogP contribution in [0, 0.1) is 11.8 Å². The molecular weight excluding hydrogens is 392 g/mol. The van der Waals surface area contributed by atoms with E-state index in [0.29, 0.717) is 18.8 Å². The summed E-state index contributed by atoms with van der Waals surface area (Å²) >= 11 is 0. The number of hydrogen-bond donors (Lipinski definition) is 3. The Kier molecular flexibility index (Phi) is 10.6. The maximum atomic E-state index is 11.6. The Balaban J connectivity index is 1.83. The van der Waals surface area contributed by atoms with E-state index in [-0.39, 0.29) is 29.7 Å². The van der Waals surface area contributed by atoms with Crippen molar-refractivity contribution < 1.29 is 24.9 Å². The lowest BCUT2D eigenvalue weighted by atomic mass is 9.82. The summed E-state index contributed by atoms with van der Waals surface area (Å²) in [5.74, 6) is 0.590. The van der Waals surface area contributed by atoms with E-state index in [0.717, 1.165) is 44.1 Å². The van der Waals surface area contributed by atoms with Gasteiger partial charge in [-0.2, -0.15) is 0 Å². The summed E-state index contributed by atoms with van der Waals surface area (Å²) in [6, 6.07) is 7.43. The minimum atomic E-state index is -0.480. The number of hydrogen-bond acceptors (Lipinski definition) is 5. The van der Waals surface area contributed by atoms with Gasteiger partial charge in [-0.15, -0.1) is 0 Å². The Bertz CT molecular complexity index is 699. The Morgan fingerprint density at radius 2 is 1.94 bits per heavy atom. The topological polar surface area (TPSA) is 87.0 Å². The first-order valence-electron chi connectivity index (χ1n) is 11.8. The highest BCUT2D eigenvalue weighted by Crippen LogP contribution is 2.40. The summed E-state index contributed by atoms with van der Waals surface area (Å²) in [7, 11) is 0. The number of phenolic OH excluding ortho intramolecular Hbond substituents is 1. The number of aromatic hydroxyl groups is 1. The van der Waals surface area contributed by atoms with Crippen LogP contribution >= 0.6 is 0 Å². The predicted molar refractivity (Wildman–Crippen MR) is 123 cm³/mol. The monoisotopic (exact) mass is 432 g/mol. The molecule has 2 rings (SSSR count). The van der Waals surface area contributed by atoms with E-state index in [2.05, 4.69) is 19.1 Å². The first-order chi connectivity index (χ1) is 14.8. The van der Waals surface area contributed by atoms with Crippen LogP contribution < -0.4 is 0 Å². The van der Waals surface area contributed by atoms with Gasteiger partial charge in [0.25, 0.3) is 0 Å². The SMILES string of the molecule is CC[C@H](CC[C@@H]1[C@@H](CC=CCCCC(=O)OC(C)C)[C@@H](O)C[C@H]1O)c1cccc(O)c1. The van der Waals surface area contributed by atoms with E-state index in [9.17, 15) is 20.1 Å². The molecule has 0 amide bonds. The summed E-state index contributed by atoms with van der Waals surface area (Å²) in [6.07, 6.45) is 9.03. The van der Waals surface area contributed by atoms with Crippen LogP contribution in [0.15, 0.2) is 36.4 Å². The molecule has 0 heterocycles. The molecule has 0 aromatic heterocycles. The molecule has 5 heteroatoms. The molecule has 0 radical (unpaired) electrons. The molecule has 0 unspecified atom stereocenters. The van der Waals surface area contributed by atoms with Gasteiger partial charge in [-0.3, -0.25) is 4.79 Å². The van der Waals surface area contributed by atoms with Crippen molar-refractivity contribution in [3.05, 3.63) is 42.0 Å². The Labute approximate surface area is 187 Å². The highest BCUT2D eigenvalue weighted by atomic mass is 16.5. The lowest BCUT2D eigenvalue weighted by Crippen LogP contribution is -2.22. The van der Waals surface area contributed by atoms with E-state index >= 15 is 0 Å². The van der Waals surface area contributed by atoms with Crippen molar-refractivity contribution in [2.75, 3.05) is 0 Å². The van der Waals surface area contributed by atoms with Crippen molar-refractivity contribution in [3.8, 4) is 5.75 Å². The summed E-state index contributed by atoms with van der Waals surface area (Å²) in [5, 5.41) is 30.8. The van der Waals surface area contributed by atoms with Crippen LogP contribution in [-0.4, -0.2) is 39.6 Å². The maximum Gasteiger partial charge on any atom is 0.306 e. The fraction of sp³-hybridized carbons (Fsp3) is 0.654. The number of unbranched alkanes of at least 4 members (excludes halogenated alkanes) is 1. The molecule has 0 saturated heterocycles. The largest absolute Gasteiger partial charge is 0.508 e. The number of aliphatic hydroxyl groups is 2. The zero-order chi connectivity index (χ0) is 22.8. The standard InChI is InChI=1S/C26H40O5/c1-4-19(20-10-9-11-21(27)16-20)14-15-23-22(24(28)17-25(23)29)12-7-5-6-8-13-26(30)31-18(2)3/h5,7,9-11,16,18-19,22-25,27-29H,4,6,8,12-15,17H2,1-3H3/t19-,22-,23-,24+,25-/m1/s1. The molecule has 0 aliphatic heterocycles. The number of rotatable bonds is 12. The number of allylic oxidation sites excluding steroid dienone is 2.